The van der Waals surface area contributed by atoms with E-state index in [0.717, 1.165) is 25.0 Å². The van der Waals surface area contributed by atoms with Crippen molar-refractivity contribution >= 4 is 23.4 Å². The molecule has 0 bridgehead atoms. The van der Waals surface area contributed by atoms with Crippen LogP contribution in [0.15, 0.2) is 42.6 Å². The molecular formula is C22H28ClN3O2. The van der Waals surface area contributed by atoms with E-state index in [9.17, 15) is 9.59 Å². The van der Waals surface area contributed by atoms with Crippen LogP contribution in [-0.2, 0) is 18.4 Å². The number of carbonyl (C=O) groups excluding carboxylic acids is 2. The molecule has 0 radical (unpaired) electrons. The summed E-state index contributed by atoms with van der Waals surface area (Å²) in [6.45, 7) is 4.69. The van der Waals surface area contributed by atoms with Gasteiger partial charge in [0.1, 0.15) is 6.54 Å². The van der Waals surface area contributed by atoms with Crippen molar-refractivity contribution in [2.24, 2.45) is 7.05 Å². The molecule has 1 fully saturated rings. The number of benzene rings is 1. The van der Waals surface area contributed by atoms with Crippen molar-refractivity contribution in [1.29, 1.82) is 0 Å². The van der Waals surface area contributed by atoms with Gasteiger partial charge in [0.05, 0.1) is 6.54 Å². The van der Waals surface area contributed by atoms with Crippen LogP contribution in [0, 0.1) is 0 Å². The maximum Gasteiger partial charge on any atom is 0.254 e. The third-order valence-corrected chi connectivity index (χ3v) is 5.72. The molecule has 1 heterocycles. The van der Waals surface area contributed by atoms with Gasteiger partial charge >= 0.3 is 0 Å². The third kappa shape index (κ3) is 4.76. The molecule has 2 aromatic rings. The van der Waals surface area contributed by atoms with Crippen LogP contribution in [0.1, 0.15) is 49.2 Å². The Labute approximate surface area is 171 Å². The van der Waals surface area contributed by atoms with E-state index in [4.69, 9.17) is 11.6 Å². The van der Waals surface area contributed by atoms with Gasteiger partial charge in [-0.15, -0.1) is 0 Å². The van der Waals surface area contributed by atoms with Crippen LogP contribution in [0.3, 0.4) is 0 Å². The third-order valence-electron chi connectivity index (χ3n) is 5.47. The summed E-state index contributed by atoms with van der Waals surface area (Å²) in [4.78, 5) is 29.9. The van der Waals surface area contributed by atoms with Crippen LogP contribution < -0.4 is 0 Å². The van der Waals surface area contributed by atoms with Crippen molar-refractivity contribution in [3.05, 3.63) is 58.9 Å². The summed E-state index contributed by atoms with van der Waals surface area (Å²) >= 11 is 5.95. The molecule has 28 heavy (non-hydrogen) atoms. The van der Waals surface area contributed by atoms with E-state index < -0.39 is 0 Å². The number of halogens is 1. The van der Waals surface area contributed by atoms with E-state index >= 15 is 0 Å². The lowest BCUT2D eigenvalue weighted by molar-refractivity contribution is -0.133. The zero-order chi connectivity index (χ0) is 20.3. The van der Waals surface area contributed by atoms with Gasteiger partial charge < -0.3 is 14.4 Å². The zero-order valence-corrected chi connectivity index (χ0v) is 17.5. The van der Waals surface area contributed by atoms with Gasteiger partial charge in [0.25, 0.3) is 5.91 Å². The summed E-state index contributed by atoms with van der Waals surface area (Å²) in [6.07, 6.45) is 4.84. The molecule has 1 unspecified atom stereocenters. The smallest absolute Gasteiger partial charge is 0.254 e. The van der Waals surface area contributed by atoms with Gasteiger partial charge in [-0.25, -0.2) is 0 Å². The average molecular weight is 402 g/mol. The first kappa shape index (κ1) is 20.5. The van der Waals surface area contributed by atoms with Gasteiger partial charge in [0, 0.05) is 41.6 Å². The van der Waals surface area contributed by atoms with E-state index in [0.29, 0.717) is 17.1 Å². The number of aryl methyl sites for hydroxylation is 1. The normalized spacial score (nSPS) is 14.6. The standard InChI is InChI=1S/C22H28ClN3O2/c1-4-16(2)25(22(28)17-7-9-18(23)10-8-17)15-21(27)26(19-11-12-19)14-20-6-5-13-24(20)3/h5-10,13,16,19H,4,11-12,14-15H2,1-3H3. The van der Waals surface area contributed by atoms with E-state index in [1.807, 2.05) is 48.7 Å². The second-order valence-corrected chi connectivity index (χ2v) is 8.00. The fourth-order valence-corrected chi connectivity index (χ4v) is 3.41. The molecule has 0 aliphatic heterocycles. The summed E-state index contributed by atoms with van der Waals surface area (Å²) < 4.78 is 2.04. The first-order chi connectivity index (χ1) is 13.4. The lowest BCUT2D eigenvalue weighted by Crippen LogP contribution is -2.47. The predicted octanol–water partition coefficient (Wildman–Crippen LogP) is 4.11. The van der Waals surface area contributed by atoms with Crippen LogP contribution in [0.5, 0.6) is 0 Å². The van der Waals surface area contributed by atoms with Crippen molar-refractivity contribution in [3.63, 3.8) is 0 Å². The lowest BCUT2D eigenvalue weighted by atomic mass is 10.1. The second kappa shape index (κ2) is 8.82. The molecule has 1 aromatic heterocycles. The molecular weight excluding hydrogens is 374 g/mol. The molecule has 150 valence electrons. The lowest BCUT2D eigenvalue weighted by Gasteiger charge is -2.31. The Hall–Kier alpha value is -2.27. The second-order valence-electron chi connectivity index (χ2n) is 7.56. The molecule has 1 aromatic carbocycles. The highest BCUT2D eigenvalue weighted by molar-refractivity contribution is 6.30. The van der Waals surface area contributed by atoms with Crippen molar-refractivity contribution in [3.8, 4) is 0 Å². The number of amides is 2. The Balaban J connectivity index is 1.77. The predicted molar refractivity (Wildman–Crippen MR) is 111 cm³/mol. The molecule has 6 heteroatoms. The van der Waals surface area contributed by atoms with E-state index in [1.54, 1.807) is 29.2 Å². The summed E-state index contributed by atoms with van der Waals surface area (Å²) in [5, 5.41) is 0.588. The quantitative estimate of drug-likeness (QED) is 0.668. The SMILES string of the molecule is CCC(C)N(CC(=O)N(Cc1cccn1C)C1CC1)C(=O)c1ccc(Cl)cc1. The molecule has 1 atom stereocenters. The van der Waals surface area contributed by atoms with E-state index in [1.165, 1.54) is 0 Å². The largest absolute Gasteiger partial charge is 0.353 e. The number of carbonyl (C=O) groups is 2. The molecule has 5 nitrogen and oxygen atoms in total. The number of rotatable bonds is 8. The maximum absolute atomic E-state index is 13.2. The van der Waals surface area contributed by atoms with Crippen LogP contribution in [0.2, 0.25) is 5.02 Å². The molecule has 1 aliphatic rings. The summed E-state index contributed by atoms with van der Waals surface area (Å²) in [6, 6.07) is 11.1. The Bertz CT molecular complexity index is 827. The average Bonchev–Trinajstić information content (AvgIpc) is 3.45. The van der Waals surface area contributed by atoms with Crippen molar-refractivity contribution in [2.75, 3.05) is 6.54 Å². The first-order valence-corrected chi connectivity index (χ1v) is 10.2. The van der Waals surface area contributed by atoms with Gasteiger partial charge in [-0.05, 0) is 62.6 Å². The minimum absolute atomic E-state index is 0.00585. The first-order valence-electron chi connectivity index (χ1n) is 9.87. The van der Waals surface area contributed by atoms with E-state index in [2.05, 4.69) is 0 Å². The fourth-order valence-electron chi connectivity index (χ4n) is 3.29. The Kier molecular flexibility index (Phi) is 6.45. The topological polar surface area (TPSA) is 45.6 Å². The summed E-state index contributed by atoms with van der Waals surface area (Å²) in [5.74, 6) is -0.125. The van der Waals surface area contributed by atoms with Crippen LogP contribution >= 0.6 is 11.6 Å². The van der Waals surface area contributed by atoms with Gasteiger partial charge in [-0.3, -0.25) is 9.59 Å². The summed E-state index contributed by atoms with van der Waals surface area (Å²) in [5.41, 5.74) is 1.65. The molecule has 0 saturated heterocycles. The van der Waals surface area contributed by atoms with Crippen LogP contribution in [0.25, 0.3) is 0 Å². The van der Waals surface area contributed by atoms with Crippen molar-refractivity contribution in [1.82, 2.24) is 14.4 Å². The van der Waals surface area contributed by atoms with Gasteiger partial charge in [0.2, 0.25) is 5.91 Å². The number of hydrogen-bond acceptors (Lipinski definition) is 2. The maximum atomic E-state index is 13.2. The molecule has 0 N–H and O–H groups in total. The number of nitrogens with zero attached hydrogens (tertiary/aromatic N) is 3. The van der Waals surface area contributed by atoms with Crippen molar-refractivity contribution in [2.45, 2.75) is 51.7 Å². The Morgan fingerprint density at radius 2 is 1.89 bits per heavy atom. The van der Waals surface area contributed by atoms with Crippen molar-refractivity contribution < 1.29 is 9.59 Å². The fraction of sp³-hybridized carbons (Fsp3) is 0.455. The number of hydrogen-bond donors (Lipinski definition) is 0. The molecule has 1 aliphatic carbocycles. The summed E-state index contributed by atoms with van der Waals surface area (Å²) in [7, 11) is 1.99. The van der Waals surface area contributed by atoms with Gasteiger partial charge in [-0.1, -0.05) is 18.5 Å². The van der Waals surface area contributed by atoms with Gasteiger partial charge in [0.15, 0.2) is 0 Å². The zero-order valence-electron chi connectivity index (χ0n) is 16.8. The minimum Gasteiger partial charge on any atom is -0.353 e. The Morgan fingerprint density at radius 3 is 2.43 bits per heavy atom. The van der Waals surface area contributed by atoms with Gasteiger partial charge in [-0.2, -0.15) is 0 Å². The molecule has 0 spiro atoms. The molecule has 3 rings (SSSR count). The number of aromatic nitrogens is 1. The molecule has 1 saturated carbocycles. The van der Waals surface area contributed by atoms with Crippen LogP contribution in [0.4, 0.5) is 0 Å². The highest BCUT2D eigenvalue weighted by Gasteiger charge is 2.35. The molecule has 2 amide bonds. The minimum atomic E-state index is -0.131. The Morgan fingerprint density at radius 1 is 1.21 bits per heavy atom. The monoisotopic (exact) mass is 401 g/mol. The highest BCUT2D eigenvalue weighted by Crippen LogP contribution is 2.29. The van der Waals surface area contributed by atoms with E-state index in [-0.39, 0.29) is 30.4 Å². The van der Waals surface area contributed by atoms with Crippen LogP contribution in [-0.4, -0.2) is 44.8 Å². The highest BCUT2D eigenvalue weighted by atomic mass is 35.5.